The van der Waals surface area contributed by atoms with E-state index in [2.05, 4.69) is 25.6 Å². The van der Waals surface area contributed by atoms with E-state index in [1.807, 2.05) is 0 Å². The summed E-state index contributed by atoms with van der Waals surface area (Å²) in [5.74, 6) is 0.731. The van der Waals surface area contributed by atoms with Gasteiger partial charge in [-0.3, -0.25) is 0 Å². The highest BCUT2D eigenvalue weighted by atomic mass is 35.5. The molecule has 0 fully saturated rings. The van der Waals surface area contributed by atoms with Crippen molar-refractivity contribution in [1.82, 2.24) is 4.84 Å². The van der Waals surface area contributed by atoms with Crippen LogP contribution in [0.1, 0.15) is 52.9 Å². The minimum absolute atomic E-state index is 0.0504. The highest BCUT2D eigenvalue weighted by Crippen LogP contribution is 2.21. The van der Waals surface area contributed by atoms with Crippen LogP contribution in [0.25, 0.3) is 0 Å². The van der Waals surface area contributed by atoms with E-state index in [4.69, 9.17) is 17.5 Å². The number of hydrogen-bond donors (Lipinski definition) is 2. The number of unbranched alkanes of at least 4 members (excludes halogenated alkanes) is 2. The lowest BCUT2D eigenvalue weighted by molar-refractivity contribution is 0.335. The molecule has 0 aromatic rings. The minimum atomic E-state index is 0.0504. The maximum Gasteiger partial charge on any atom is 0.0278 e. The third kappa shape index (κ3) is 7.60. The SMILES string of the molecule is CC(CCCCCN)CC(C)(C)NCl. The third-order valence-electron chi connectivity index (χ3n) is 2.52. The predicted molar refractivity (Wildman–Crippen MR) is 64.4 cm³/mol. The topological polar surface area (TPSA) is 38.0 Å². The van der Waals surface area contributed by atoms with E-state index in [-0.39, 0.29) is 5.54 Å². The van der Waals surface area contributed by atoms with Crippen molar-refractivity contribution in [2.24, 2.45) is 11.7 Å². The second kappa shape index (κ2) is 7.49. The average molecular weight is 221 g/mol. The average Bonchev–Trinajstić information content (AvgIpc) is 2.12. The fraction of sp³-hybridized carbons (Fsp3) is 1.00. The highest BCUT2D eigenvalue weighted by Gasteiger charge is 2.19. The molecule has 0 heterocycles. The Morgan fingerprint density at radius 3 is 2.43 bits per heavy atom. The summed E-state index contributed by atoms with van der Waals surface area (Å²) in [6, 6.07) is 0. The molecule has 0 amide bonds. The summed E-state index contributed by atoms with van der Waals surface area (Å²) in [5, 5.41) is 0. The van der Waals surface area contributed by atoms with Gasteiger partial charge in [0.2, 0.25) is 0 Å². The Morgan fingerprint density at radius 1 is 1.29 bits per heavy atom. The molecule has 0 radical (unpaired) electrons. The molecule has 3 heteroatoms. The normalized spacial score (nSPS) is 14.4. The van der Waals surface area contributed by atoms with Gasteiger partial charge in [0.1, 0.15) is 0 Å². The standard InChI is InChI=1S/C11H25ClN2/c1-10(7-5-4-6-8-13)9-11(2,3)14-12/h10,14H,4-9,13H2,1-3H3. The van der Waals surface area contributed by atoms with Crippen LogP contribution < -0.4 is 10.6 Å². The first-order valence-electron chi connectivity index (χ1n) is 5.59. The summed E-state index contributed by atoms with van der Waals surface area (Å²) >= 11 is 5.65. The van der Waals surface area contributed by atoms with E-state index in [0.717, 1.165) is 25.3 Å². The molecule has 1 atom stereocenters. The van der Waals surface area contributed by atoms with Crippen molar-refractivity contribution < 1.29 is 0 Å². The van der Waals surface area contributed by atoms with E-state index in [9.17, 15) is 0 Å². The monoisotopic (exact) mass is 220 g/mol. The lowest BCUT2D eigenvalue weighted by Crippen LogP contribution is -2.34. The molecule has 1 unspecified atom stereocenters. The predicted octanol–water partition coefficient (Wildman–Crippen LogP) is 3.05. The van der Waals surface area contributed by atoms with Gasteiger partial charge in [0.05, 0.1) is 0 Å². The van der Waals surface area contributed by atoms with Crippen molar-refractivity contribution in [3.8, 4) is 0 Å². The molecule has 0 aromatic heterocycles. The van der Waals surface area contributed by atoms with Crippen LogP contribution in [0.15, 0.2) is 0 Å². The van der Waals surface area contributed by atoms with Gasteiger partial charge in [-0.15, -0.1) is 0 Å². The Hall–Kier alpha value is 0.210. The molecule has 0 spiro atoms. The van der Waals surface area contributed by atoms with E-state index in [1.54, 1.807) is 0 Å². The van der Waals surface area contributed by atoms with Crippen LogP contribution in [-0.2, 0) is 0 Å². The van der Waals surface area contributed by atoms with E-state index in [1.165, 1.54) is 19.3 Å². The molecule has 0 rings (SSSR count). The van der Waals surface area contributed by atoms with Crippen LogP contribution in [0.2, 0.25) is 0 Å². The lowest BCUT2D eigenvalue weighted by Gasteiger charge is -2.26. The quantitative estimate of drug-likeness (QED) is 0.488. The molecule has 0 aliphatic heterocycles. The van der Waals surface area contributed by atoms with Gasteiger partial charge in [0.25, 0.3) is 0 Å². The first-order chi connectivity index (χ1) is 6.52. The molecule has 0 aliphatic carbocycles. The van der Waals surface area contributed by atoms with Crippen LogP contribution >= 0.6 is 11.8 Å². The fourth-order valence-electron chi connectivity index (χ4n) is 1.83. The summed E-state index contributed by atoms with van der Waals surface area (Å²) in [7, 11) is 0. The molecule has 0 aromatic carbocycles. The number of hydrogen-bond acceptors (Lipinski definition) is 2. The molecule has 0 bridgehead atoms. The Labute approximate surface area is 93.7 Å². The summed E-state index contributed by atoms with van der Waals surface area (Å²) in [4.78, 5) is 2.83. The molecule has 0 saturated carbocycles. The molecule has 14 heavy (non-hydrogen) atoms. The van der Waals surface area contributed by atoms with Gasteiger partial charge in [-0.05, 0) is 50.9 Å². The fourth-order valence-corrected chi connectivity index (χ4v) is 1.90. The Kier molecular flexibility index (Phi) is 7.61. The lowest BCUT2D eigenvalue weighted by atomic mass is 9.89. The highest BCUT2D eigenvalue weighted by molar-refractivity contribution is 6.13. The summed E-state index contributed by atoms with van der Waals surface area (Å²) in [5.41, 5.74) is 5.49. The summed E-state index contributed by atoms with van der Waals surface area (Å²) < 4.78 is 0. The minimum Gasteiger partial charge on any atom is -0.330 e. The van der Waals surface area contributed by atoms with E-state index < -0.39 is 0 Å². The number of nitrogens with two attached hydrogens (primary N) is 1. The van der Waals surface area contributed by atoms with Crippen molar-refractivity contribution in [3.05, 3.63) is 0 Å². The van der Waals surface area contributed by atoms with Crippen LogP contribution in [0, 0.1) is 5.92 Å². The van der Waals surface area contributed by atoms with Gasteiger partial charge < -0.3 is 5.73 Å². The second-order valence-corrected chi connectivity index (χ2v) is 5.11. The molecular formula is C11H25ClN2. The first-order valence-corrected chi connectivity index (χ1v) is 5.97. The maximum absolute atomic E-state index is 5.65. The molecule has 2 nitrogen and oxygen atoms in total. The van der Waals surface area contributed by atoms with E-state index in [0.29, 0.717) is 0 Å². The van der Waals surface area contributed by atoms with Crippen molar-refractivity contribution in [2.45, 2.75) is 58.4 Å². The summed E-state index contributed by atoms with van der Waals surface area (Å²) in [6.45, 7) is 7.38. The zero-order valence-corrected chi connectivity index (χ0v) is 10.5. The zero-order chi connectivity index (χ0) is 11.0. The van der Waals surface area contributed by atoms with Gasteiger partial charge >= 0.3 is 0 Å². The zero-order valence-electron chi connectivity index (χ0n) is 9.78. The van der Waals surface area contributed by atoms with Crippen LogP contribution in [-0.4, -0.2) is 12.1 Å². The maximum atomic E-state index is 5.65. The van der Waals surface area contributed by atoms with Crippen molar-refractivity contribution in [2.75, 3.05) is 6.54 Å². The molecular weight excluding hydrogens is 196 g/mol. The van der Waals surface area contributed by atoms with Crippen molar-refractivity contribution >= 4 is 11.8 Å². The first kappa shape index (κ1) is 14.2. The van der Waals surface area contributed by atoms with Crippen LogP contribution in [0.5, 0.6) is 0 Å². The Morgan fingerprint density at radius 2 is 1.93 bits per heavy atom. The Balaban J connectivity index is 3.49. The van der Waals surface area contributed by atoms with E-state index >= 15 is 0 Å². The Bertz CT molecular complexity index is 137. The van der Waals surface area contributed by atoms with Gasteiger partial charge in [-0.1, -0.05) is 26.2 Å². The van der Waals surface area contributed by atoms with Crippen molar-refractivity contribution in [3.63, 3.8) is 0 Å². The molecule has 86 valence electrons. The summed E-state index contributed by atoms with van der Waals surface area (Å²) in [6.07, 6.45) is 6.11. The van der Waals surface area contributed by atoms with Gasteiger partial charge in [-0.2, -0.15) is 0 Å². The molecule has 0 aliphatic rings. The van der Waals surface area contributed by atoms with Crippen molar-refractivity contribution in [1.29, 1.82) is 0 Å². The number of nitrogens with one attached hydrogen (secondary N) is 1. The smallest absolute Gasteiger partial charge is 0.0278 e. The number of rotatable bonds is 8. The largest absolute Gasteiger partial charge is 0.330 e. The third-order valence-corrected chi connectivity index (χ3v) is 3.03. The van der Waals surface area contributed by atoms with Gasteiger partial charge in [-0.25, -0.2) is 4.84 Å². The molecule has 0 saturated heterocycles. The second-order valence-electron chi connectivity index (χ2n) is 4.93. The van der Waals surface area contributed by atoms with Gasteiger partial charge in [0, 0.05) is 5.54 Å². The van der Waals surface area contributed by atoms with Gasteiger partial charge in [0.15, 0.2) is 0 Å². The van der Waals surface area contributed by atoms with Crippen LogP contribution in [0.3, 0.4) is 0 Å². The molecule has 3 N–H and O–H groups in total. The number of halogens is 1. The van der Waals surface area contributed by atoms with Crippen LogP contribution in [0.4, 0.5) is 0 Å².